The van der Waals surface area contributed by atoms with Crippen molar-refractivity contribution >= 4 is 11.6 Å². The molecule has 0 saturated heterocycles. The third kappa shape index (κ3) is 6.08. The van der Waals surface area contributed by atoms with Gasteiger partial charge in [0.15, 0.2) is 0 Å². The van der Waals surface area contributed by atoms with Gasteiger partial charge in [-0.25, -0.2) is 0 Å². The van der Waals surface area contributed by atoms with Crippen LogP contribution in [0.3, 0.4) is 0 Å². The van der Waals surface area contributed by atoms with E-state index in [1.54, 1.807) is 12.1 Å². The van der Waals surface area contributed by atoms with Gasteiger partial charge in [0.1, 0.15) is 17.2 Å². The van der Waals surface area contributed by atoms with E-state index in [2.05, 4.69) is 31.4 Å². The predicted octanol–water partition coefficient (Wildman–Crippen LogP) is 4.36. The van der Waals surface area contributed by atoms with Crippen LogP contribution in [0.4, 0.5) is 5.69 Å². The van der Waals surface area contributed by atoms with Gasteiger partial charge in [-0.05, 0) is 62.1 Å². The first kappa shape index (κ1) is 21.4. The normalized spacial score (nSPS) is 11.9. The molecule has 0 fully saturated rings. The fourth-order valence-corrected chi connectivity index (χ4v) is 3.48. The van der Waals surface area contributed by atoms with Gasteiger partial charge in [-0.3, -0.25) is 4.79 Å². The number of nitrogens with one attached hydrogen (secondary N) is 2. The molecule has 6 nitrogen and oxygen atoms in total. The van der Waals surface area contributed by atoms with Crippen LogP contribution in [0.5, 0.6) is 17.2 Å². The Labute approximate surface area is 166 Å². The van der Waals surface area contributed by atoms with Crippen molar-refractivity contribution in [3.8, 4) is 17.2 Å². The SMILES string of the molecule is CC(C)(C)CC(C)(C)NC(=O)c1cc(NCc2cc(O)ccc2O)ccc1O. The Hall–Kier alpha value is -2.89. The fraction of sp³-hybridized carbons (Fsp3) is 0.409. The lowest BCUT2D eigenvalue weighted by molar-refractivity contribution is 0.0889. The number of hydrogen-bond acceptors (Lipinski definition) is 5. The summed E-state index contributed by atoms with van der Waals surface area (Å²) in [6.45, 7) is 10.5. The van der Waals surface area contributed by atoms with Crippen LogP contribution in [-0.4, -0.2) is 26.8 Å². The highest BCUT2D eigenvalue weighted by Gasteiger charge is 2.28. The Balaban J connectivity index is 2.14. The molecular weight excluding hydrogens is 356 g/mol. The Morgan fingerprint density at radius 1 is 0.929 bits per heavy atom. The second-order valence-corrected chi connectivity index (χ2v) is 8.97. The monoisotopic (exact) mass is 386 g/mol. The number of benzene rings is 2. The minimum atomic E-state index is -0.432. The number of rotatable bonds is 6. The molecule has 1 amide bonds. The van der Waals surface area contributed by atoms with Gasteiger partial charge in [0.25, 0.3) is 5.91 Å². The Kier molecular flexibility index (Phi) is 6.12. The molecule has 0 saturated carbocycles. The van der Waals surface area contributed by atoms with E-state index < -0.39 is 5.54 Å². The molecule has 0 aliphatic carbocycles. The molecule has 152 valence electrons. The molecule has 0 radical (unpaired) electrons. The van der Waals surface area contributed by atoms with Crippen LogP contribution in [-0.2, 0) is 6.54 Å². The second kappa shape index (κ2) is 8.00. The van der Waals surface area contributed by atoms with Crippen LogP contribution >= 0.6 is 0 Å². The van der Waals surface area contributed by atoms with Crippen LogP contribution in [0.25, 0.3) is 0 Å². The topological polar surface area (TPSA) is 102 Å². The molecule has 2 aromatic carbocycles. The van der Waals surface area contributed by atoms with Crippen molar-refractivity contribution in [3.63, 3.8) is 0 Å². The first-order valence-electron chi connectivity index (χ1n) is 9.27. The largest absolute Gasteiger partial charge is 0.508 e. The molecule has 0 heterocycles. The number of carbonyl (C=O) groups is 1. The van der Waals surface area contributed by atoms with E-state index in [4.69, 9.17) is 0 Å². The standard InChI is InChI=1S/C22H30N2O4/c1-21(2,3)13-22(4,5)24-20(28)17-11-15(6-8-19(17)27)23-12-14-10-16(25)7-9-18(14)26/h6-11,23,25-27H,12-13H2,1-5H3,(H,24,28). The fourth-order valence-electron chi connectivity index (χ4n) is 3.48. The molecule has 2 rings (SSSR count). The average molecular weight is 386 g/mol. The lowest BCUT2D eigenvalue weighted by Gasteiger charge is -2.33. The Bertz CT molecular complexity index is 854. The number of hydrogen-bond donors (Lipinski definition) is 5. The number of aromatic hydroxyl groups is 3. The lowest BCUT2D eigenvalue weighted by Crippen LogP contribution is -2.45. The van der Waals surface area contributed by atoms with Gasteiger partial charge < -0.3 is 26.0 Å². The van der Waals surface area contributed by atoms with Gasteiger partial charge in [-0.2, -0.15) is 0 Å². The summed E-state index contributed by atoms with van der Waals surface area (Å²) < 4.78 is 0. The number of anilines is 1. The van der Waals surface area contributed by atoms with Crippen molar-refractivity contribution in [3.05, 3.63) is 47.5 Å². The summed E-state index contributed by atoms with van der Waals surface area (Å²) in [6, 6.07) is 8.95. The van der Waals surface area contributed by atoms with Crippen LogP contribution in [0.2, 0.25) is 0 Å². The molecule has 0 spiro atoms. The summed E-state index contributed by atoms with van der Waals surface area (Å²) in [6.07, 6.45) is 0.779. The summed E-state index contributed by atoms with van der Waals surface area (Å²) in [4.78, 5) is 12.7. The van der Waals surface area contributed by atoms with Gasteiger partial charge in [0.2, 0.25) is 0 Å². The van der Waals surface area contributed by atoms with Crippen molar-refractivity contribution in [1.29, 1.82) is 0 Å². The smallest absolute Gasteiger partial charge is 0.255 e. The maximum Gasteiger partial charge on any atom is 0.255 e. The molecule has 0 aliphatic heterocycles. The van der Waals surface area contributed by atoms with Crippen molar-refractivity contribution in [2.24, 2.45) is 5.41 Å². The van der Waals surface area contributed by atoms with E-state index in [-0.39, 0.29) is 40.7 Å². The first-order chi connectivity index (χ1) is 12.9. The van der Waals surface area contributed by atoms with E-state index in [9.17, 15) is 20.1 Å². The van der Waals surface area contributed by atoms with E-state index in [0.29, 0.717) is 11.3 Å². The lowest BCUT2D eigenvalue weighted by atomic mass is 9.81. The number of carbonyl (C=O) groups excluding carboxylic acids is 1. The molecule has 0 aliphatic rings. The zero-order chi connectivity index (χ0) is 21.1. The van der Waals surface area contributed by atoms with E-state index in [0.717, 1.165) is 6.42 Å². The number of phenolic OH excluding ortho intramolecular Hbond substituents is 3. The molecule has 6 heteroatoms. The molecule has 28 heavy (non-hydrogen) atoms. The summed E-state index contributed by atoms with van der Waals surface area (Å²) in [7, 11) is 0. The molecule has 0 unspecified atom stereocenters. The van der Waals surface area contributed by atoms with Crippen molar-refractivity contribution in [2.75, 3.05) is 5.32 Å². The first-order valence-corrected chi connectivity index (χ1v) is 9.27. The highest BCUT2D eigenvalue weighted by atomic mass is 16.3. The number of phenols is 3. The zero-order valence-corrected chi connectivity index (χ0v) is 17.1. The van der Waals surface area contributed by atoms with Crippen molar-refractivity contribution in [2.45, 2.75) is 53.1 Å². The molecular formula is C22H30N2O4. The third-order valence-electron chi connectivity index (χ3n) is 4.21. The summed E-state index contributed by atoms with van der Waals surface area (Å²) >= 11 is 0. The average Bonchev–Trinajstić information content (AvgIpc) is 2.54. The minimum absolute atomic E-state index is 0.0471. The van der Waals surface area contributed by atoms with Crippen LogP contribution < -0.4 is 10.6 Å². The quantitative estimate of drug-likeness (QED) is 0.475. The maximum absolute atomic E-state index is 12.7. The number of amides is 1. The van der Waals surface area contributed by atoms with Crippen molar-refractivity contribution in [1.82, 2.24) is 5.32 Å². The molecule has 0 bridgehead atoms. The van der Waals surface area contributed by atoms with Crippen LogP contribution in [0, 0.1) is 5.41 Å². The maximum atomic E-state index is 12.7. The van der Waals surface area contributed by atoms with E-state index in [1.807, 2.05) is 13.8 Å². The molecule has 5 N–H and O–H groups in total. The van der Waals surface area contributed by atoms with E-state index in [1.165, 1.54) is 24.3 Å². The minimum Gasteiger partial charge on any atom is -0.508 e. The molecule has 0 atom stereocenters. The Morgan fingerprint density at radius 3 is 2.21 bits per heavy atom. The highest BCUT2D eigenvalue weighted by Crippen LogP contribution is 2.29. The van der Waals surface area contributed by atoms with Gasteiger partial charge in [0, 0.05) is 23.3 Å². The summed E-state index contributed by atoms with van der Waals surface area (Å²) in [5.74, 6) is -0.335. The van der Waals surface area contributed by atoms with Crippen LogP contribution in [0.15, 0.2) is 36.4 Å². The Morgan fingerprint density at radius 2 is 1.57 bits per heavy atom. The van der Waals surface area contributed by atoms with Gasteiger partial charge in [-0.1, -0.05) is 20.8 Å². The third-order valence-corrected chi connectivity index (χ3v) is 4.21. The molecule has 0 aromatic heterocycles. The molecule has 2 aromatic rings. The zero-order valence-electron chi connectivity index (χ0n) is 17.1. The van der Waals surface area contributed by atoms with Crippen molar-refractivity contribution < 1.29 is 20.1 Å². The van der Waals surface area contributed by atoms with Gasteiger partial charge in [0.05, 0.1) is 5.56 Å². The summed E-state index contributed by atoms with van der Waals surface area (Å²) in [5, 5.41) is 35.6. The van der Waals surface area contributed by atoms with Gasteiger partial charge >= 0.3 is 0 Å². The van der Waals surface area contributed by atoms with Gasteiger partial charge in [-0.15, -0.1) is 0 Å². The van der Waals surface area contributed by atoms with Crippen LogP contribution in [0.1, 0.15) is 57.0 Å². The predicted molar refractivity (Wildman–Crippen MR) is 111 cm³/mol. The van der Waals surface area contributed by atoms with E-state index >= 15 is 0 Å². The highest BCUT2D eigenvalue weighted by molar-refractivity contribution is 5.98. The summed E-state index contributed by atoms with van der Waals surface area (Å²) in [5.41, 5.74) is 0.918. The second-order valence-electron chi connectivity index (χ2n) is 8.97.